The number of hydrogen-bond acceptors (Lipinski definition) is 3. The van der Waals surface area contributed by atoms with Gasteiger partial charge in [-0.25, -0.2) is 0 Å². The summed E-state index contributed by atoms with van der Waals surface area (Å²) in [4.78, 5) is 11.5. The van der Waals surface area contributed by atoms with Crippen LogP contribution in [0.25, 0.3) is 0 Å². The van der Waals surface area contributed by atoms with Crippen LogP contribution in [0, 0.1) is 0 Å². The number of halogens is 1. The third-order valence-electron chi connectivity index (χ3n) is 3.42. The van der Waals surface area contributed by atoms with E-state index in [9.17, 15) is 4.79 Å². The molecule has 1 aliphatic rings. The highest BCUT2D eigenvalue weighted by atomic mass is 35.5. The summed E-state index contributed by atoms with van der Waals surface area (Å²) in [5, 5.41) is 0.345. The molecule has 0 radical (unpaired) electrons. The molecule has 2 rings (SSSR count). The van der Waals surface area contributed by atoms with Crippen LogP contribution in [-0.2, 0) is 0 Å². The predicted molar refractivity (Wildman–Crippen MR) is 76.5 cm³/mol. The van der Waals surface area contributed by atoms with Crippen molar-refractivity contribution in [2.45, 2.75) is 44.6 Å². The maximum Gasteiger partial charge on any atom is 0.252 e. The van der Waals surface area contributed by atoms with E-state index >= 15 is 0 Å². The Kier molecular flexibility index (Phi) is 4.53. The maximum absolute atomic E-state index is 11.5. The van der Waals surface area contributed by atoms with Crippen molar-refractivity contribution < 1.29 is 9.53 Å². The Balaban J connectivity index is 2.25. The molecule has 0 aromatic heterocycles. The van der Waals surface area contributed by atoms with Crippen LogP contribution >= 0.6 is 11.6 Å². The van der Waals surface area contributed by atoms with Gasteiger partial charge in [0.2, 0.25) is 0 Å². The lowest BCUT2D eigenvalue weighted by molar-refractivity contribution is 0.0991. The van der Waals surface area contributed by atoms with Gasteiger partial charge in [-0.1, -0.05) is 24.4 Å². The van der Waals surface area contributed by atoms with E-state index in [2.05, 4.69) is 0 Å². The topological polar surface area (TPSA) is 78.3 Å². The Bertz CT molecular complexity index is 469. The summed E-state index contributed by atoms with van der Waals surface area (Å²) in [5.41, 5.74) is 11.7. The van der Waals surface area contributed by atoms with Crippen molar-refractivity contribution in [1.29, 1.82) is 0 Å². The Morgan fingerprint density at radius 3 is 2.42 bits per heavy atom. The van der Waals surface area contributed by atoms with E-state index in [4.69, 9.17) is 27.8 Å². The van der Waals surface area contributed by atoms with Crippen LogP contribution in [0.4, 0.5) is 5.69 Å². The average molecular weight is 283 g/mol. The molecule has 0 heterocycles. The summed E-state index contributed by atoms with van der Waals surface area (Å²) in [6, 6.07) is 3.10. The molecule has 0 unspecified atom stereocenters. The molecule has 4 nitrogen and oxygen atoms in total. The fraction of sp³-hybridized carbons (Fsp3) is 0.500. The van der Waals surface area contributed by atoms with Crippen molar-refractivity contribution in [3.63, 3.8) is 0 Å². The number of nitrogen functional groups attached to an aromatic ring is 1. The summed E-state index contributed by atoms with van der Waals surface area (Å²) in [7, 11) is 0. The van der Waals surface area contributed by atoms with Crippen LogP contribution in [0.5, 0.6) is 5.75 Å². The highest BCUT2D eigenvalue weighted by molar-refractivity contribution is 6.33. The van der Waals surface area contributed by atoms with Crippen LogP contribution < -0.4 is 16.2 Å². The van der Waals surface area contributed by atoms with Gasteiger partial charge in [-0.3, -0.25) is 4.79 Å². The van der Waals surface area contributed by atoms with Crippen LogP contribution in [0.1, 0.15) is 48.9 Å². The first-order valence-electron chi connectivity index (χ1n) is 6.63. The number of hydrogen-bond donors (Lipinski definition) is 2. The predicted octanol–water partition coefficient (Wildman–Crippen LogP) is 3.12. The van der Waals surface area contributed by atoms with Gasteiger partial charge in [0, 0.05) is 5.69 Å². The fourth-order valence-corrected chi connectivity index (χ4v) is 2.72. The Labute approximate surface area is 118 Å². The number of ether oxygens (including phenoxy) is 1. The lowest BCUT2D eigenvalue weighted by atomic mass is 10.1. The van der Waals surface area contributed by atoms with Crippen LogP contribution in [0.3, 0.4) is 0 Å². The van der Waals surface area contributed by atoms with Crippen molar-refractivity contribution >= 4 is 23.2 Å². The van der Waals surface area contributed by atoms with Crippen LogP contribution in [0.15, 0.2) is 12.1 Å². The summed E-state index contributed by atoms with van der Waals surface area (Å²) in [5.74, 6) is -0.201. The molecule has 19 heavy (non-hydrogen) atoms. The lowest BCUT2D eigenvalue weighted by Crippen LogP contribution is -2.20. The number of amides is 1. The minimum atomic E-state index is -0.571. The fourth-order valence-electron chi connectivity index (χ4n) is 2.44. The largest absolute Gasteiger partial charge is 0.488 e. The highest BCUT2D eigenvalue weighted by Crippen LogP contribution is 2.34. The van der Waals surface area contributed by atoms with E-state index in [0.717, 1.165) is 25.7 Å². The summed E-state index contributed by atoms with van der Waals surface area (Å²) in [6.07, 6.45) is 6.82. The quantitative estimate of drug-likeness (QED) is 0.660. The standard InChI is InChI=1S/C14H19ClN2O2/c15-12-8-9(16)7-11(14(17)18)13(12)19-10-5-3-1-2-4-6-10/h7-8,10H,1-6,16H2,(H2,17,18). The maximum atomic E-state index is 11.5. The lowest BCUT2D eigenvalue weighted by Gasteiger charge is -2.20. The van der Waals surface area contributed by atoms with E-state index in [0.29, 0.717) is 16.5 Å². The molecule has 4 N–H and O–H groups in total. The van der Waals surface area contributed by atoms with E-state index in [-0.39, 0.29) is 11.7 Å². The molecule has 104 valence electrons. The van der Waals surface area contributed by atoms with Gasteiger partial charge >= 0.3 is 0 Å². The molecule has 0 aliphatic heterocycles. The molecule has 0 bridgehead atoms. The second kappa shape index (κ2) is 6.15. The van der Waals surface area contributed by atoms with Gasteiger partial charge in [0.25, 0.3) is 5.91 Å². The molecule has 1 aromatic rings. The number of anilines is 1. The molecule has 0 saturated heterocycles. The zero-order chi connectivity index (χ0) is 13.8. The molecule has 1 aromatic carbocycles. The molecule has 5 heteroatoms. The monoisotopic (exact) mass is 282 g/mol. The molecule has 0 atom stereocenters. The molecule has 1 saturated carbocycles. The zero-order valence-corrected chi connectivity index (χ0v) is 11.6. The summed E-state index contributed by atoms with van der Waals surface area (Å²) in [6.45, 7) is 0. The first-order chi connectivity index (χ1) is 9.08. The average Bonchev–Trinajstić information content (AvgIpc) is 2.60. The smallest absolute Gasteiger partial charge is 0.252 e. The SMILES string of the molecule is NC(=O)c1cc(N)cc(Cl)c1OC1CCCCCC1. The second-order valence-corrected chi connectivity index (χ2v) is 5.38. The minimum Gasteiger partial charge on any atom is -0.488 e. The Morgan fingerprint density at radius 2 is 1.84 bits per heavy atom. The zero-order valence-electron chi connectivity index (χ0n) is 10.8. The number of rotatable bonds is 3. The van der Waals surface area contributed by atoms with E-state index < -0.39 is 5.91 Å². The van der Waals surface area contributed by atoms with Crippen molar-refractivity contribution in [2.24, 2.45) is 5.73 Å². The van der Waals surface area contributed by atoms with Gasteiger partial charge in [-0.05, 0) is 37.8 Å². The van der Waals surface area contributed by atoms with E-state index in [1.54, 1.807) is 6.07 Å². The summed E-state index contributed by atoms with van der Waals surface area (Å²) >= 11 is 6.13. The third-order valence-corrected chi connectivity index (χ3v) is 3.70. The van der Waals surface area contributed by atoms with E-state index in [1.807, 2.05) is 0 Å². The number of carbonyl (C=O) groups is 1. The molecular weight excluding hydrogens is 264 g/mol. The summed E-state index contributed by atoms with van der Waals surface area (Å²) < 4.78 is 5.93. The van der Waals surface area contributed by atoms with Crippen molar-refractivity contribution in [3.05, 3.63) is 22.7 Å². The van der Waals surface area contributed by atoms with Crippen LogP contribution in [-0.4, -0.2) is 12.0 Å². The van der Waals surface area contributed by atoms with Crippen molar-refractivity contribution in [2.75, 3.05) is 5.73 Å². The minimum absolute atomic E-state index is 0.0988. The number of carbonyl (C=O) groups excluding carboxylic acids is 1. The molecule has 1 aliphatic carbocycles. The first-order valence-corrected chi connectivity index (χ1v) is 7.01. The number of benzene rings is 1. The molecular formula is C14H19ClN2O2. The first kappa shape index (κ1) is 14.0. The molecule has 1 fully saturated rings. The third kappa shape index (κ3) is 3.53. The highest BCUT2D eigenvalue weighted by Gasteiger charge is 2.20. The number of primary amides is 1. The van der Waals surface area contributed by atoms with Gasteiger partial charge in [0.15, 0.2) is 5.75 Å². The van der Waals surface area contributed by atoms with E-state index in [1.165, 1.54) is 18.9 Å². The van der Waals surface area contributed by atoms with Crippen molar-refractivity contribution in [3.8, 4) is 5.75 Å². The van der Waals surface area contributed by atoms with Gasteiger partial charge in [-0.2, -0.15) is 0 Å². The van der Waals surface area contributed by atoms with Crippen LogP contribution in [0.2, 0.25) is 5.02 Å². The van der Waals surface area contributed by atoms with Gasteiger partial charge in [0.05, 0.1) is 16.7 Å². The van der Waals surface area contributed by atoms with Crippen molar-refractivity contribution in [1.82, 2.24) is 0 Å². The Morgan fingerprint density at radius 1 is 1.21 bits per heavy atom. The Hall–Kier alpha value is -1.42. The normalized spacial score (nSPS) is 16.9. The number of nitrogens with two attached hydrogens (primary N) is 2. The molecule has 1 amide bonds. The second-order valence-electron chi connectivity index (χ2n) is 4.98. The molecule has 0 spiro atoms. The van der Waals surface area contributed by atoms with Gasteiger partial charge in [-0.15, -0.1) is 0 Å². The van der Waals surface area contributed by atoms with Gasteiger partial charge in [0.1, 0.15) is 0 Å². The van der Waals surface area contributed by atoms with Gasteiger partial charge < -0.3 is 16.2 Å².